The molecule has 1 heterocycles. The molecular weight excluding hydrogens is 326 g/mol. The van der Waals surface area contributed by atoms with E-state index in [2.05, 4.69) is 18.2 Å². The van der Waals surface area contributed by atoms with Crippen LogP contribution in [0.3, 0.4) is 0 Å². The van der Waals surface area contributed by atoms with Crippen molar-refractivity contribution < 1.29 is 14.3 Å². The molecule has 1 aromatic carbocycles. The number of carbonyl (C=O) groups is 1. The van der Waals surface area contributed by atoms with E-state index in [1.165, 1.54) is 31.1 Å². The maximum atomic E-state index is 12.2. The lowest BCUT2D eigenvalue weighted by molar-refractivity contribution is -0.145. The van der Waals surface area contributed by atoms with E-state index in [9.17, 15) is 4.79 Å². The van der Waals surface area contributed by atoms with Crippen LogP contribution in [0.25, 0.3) is 0 Å². The van der Waals surface area contributed by atoms with Gasteiger partial charge < -0.3 is 15.2 Å². The Bertz CT molecular complexity index is 674. The van der Waals surface area contributed by atoms with E-state index in [1.807, 2.05) is 6.92 Å². The molecule has 26 heavy (non-hydrogen) atoms. The molecule has 0 saturated heterocycles. The van der Waals surface area contributed by atoms with Crippen LogP contribution < -0.4 is 10.5 Å². The van der Waals surface area contributed by atoms with Crippen molar-refractivity contribution in [3.8, 4) is 5.75 Å². The molecule has 0 aromatic heterocycles. The SMILES string of the molecule is COC(=O)[C@@H](C)[C@H](c1ccc2c(c1)OC1(CC2)CCC(N)CC1)C1CC1. The Balaban J connectivity index is 1.59. The summed E-state index contributed by atoms with van der Waals surface area (Å²) in [5, 5.41) is 0. The molecule has 3 aliphatic rings. The van der Waals surface area contributed by atoms with Crippen LogP contribution in [0.2, 0.25) is 0 Å². The van der Waals surface area contributed by atoms with E-state index < -0.39 is 0 Å². The van der Waals surface area contributed by atoms with Gasteiger partial charge in [-0.2, -0.15) is 0 Å². The number of fused-ring (bicyclic) bond motifs is 1. The molecule has 1 aliphatic heterocycles. The van der Waals surface area contributed by atoms with Gasteiger partial charge in [0, 0.05) is 6.04 Å². The van der Waals surface area contributed by atoms with Crippen molar-refractivity contribution in [1.82, 2.24) is 0 Å². The first-order valence-corrected chi connectivity index (χ1v) is 10.2. The average Bonchev–Trinajstić information content (AvgIpc) is 3.48. The van der Waals surface area contributed by atoms with Gasteiger partial charge in [0.15, 0.2) is 0 Å². The summed E-state index contributed by atoms with van der Waals surface area (Å²) in [4.78, 5) is 12.2. The van der Waals surface area contributed by atoms with E-state index in [1.54, 1.807) is 0 Å². The maximum absolute atomic E-state index is 12.2. The zero-order valence-electron chi connectivity index (χ0n) is 16.0. The first kappa shape index (κ1) is 17.8. The lowest BCUT2D eigenvalue weighted by Crippen LogP contribution is -2.45. The molecule has 2 aliphatic carbocycles. The number of hydrogen-bond donors (Lipinski definition) is 1. The molecular formula is C22H31NO3. The first-order valence-electron chi connectivity index (χ1n) is 10.2. The second-order valence-electron chi connectivity index (χ2n) is 8.66. The highest BCUT2D eigenvalue weighted by Crippen LogP contribution is 2.49. The molecule has 4 heteroatoms. The summed E-state index contributed by atoms with van der Waals surface area (Å²) in [7, 11) is 1.48. The van der Waals surface area contributed by atoms with Gasteiger partial charge in [-0.05, 0) is 80.4 Å². The molecule has 4 rings (SSSR count). The average molecular weight is 357 g/mol. The van der Waals surface area contributed by atoms with Gasteiger partial charge in [0.25, 0.3) is 0 Å². The van der Waals surface area contributed by atoms with Crippen LogP contribution in [0, 0.1) is 11.8 Å². The molecule has 1 aromatic rings. The van der Waals surface area contributed by atoms with Crippen LogP contribution in [0.5, 0.6) is 5.75 Å². The molecule has 142 valence electrons. The van der Waals surface area contributed by atoms with Gasteiger partial charge in [-0.15, -0.1) is 0 Å². The Morgan fingerprint density at radius 2 is 1.96 bits per heavy atom. The third kappa shape index (κ3) is 3.36. The number of aryl methyl sites for hydroxylation is 1. The zero-order valence-corrected chi connectivity index (χ0v) is 16.0. The summed E-state index contributed by atoms with van der Waals surface area (Å²) in [6.07, 6.45) is 8.79. The highest BCUT2D eigenvalue weighted by Gasteiger charge is 2.42. The van der Waals surface area contributed by atoms with Gasteiger partial charge in [0.1, 0.15) is 11.4 Å². The van der Waals surface area contributed by atoms with Crippen molar-refractivity contribution in [3.05, 3.63) is 29.3 Å². The minimum Gasteiger partial charge on any atom is -0.487 e. The molecule has 2 fully saturated rings. The molecule has 0 amide bonds. The molecule has 4 nitrogen and oxygen atoms in total. The zero-order chi connectivity index (χ0) is 18.3. The third-order valence-electron chi connectivity index (χ3n) is 6.84. The Kier molecular flexibility index (Phi) is 4.72. The molecule has 2 N–H and O–H groups in total. The van der Waals surface area contributed by atoms with Crippen molar-refractivity contribution in [1.29, 1.82) is 0 Å². The molecule has 2 saturated carbocycles. The number of nitrogens with two attached hydrogens (primary N) is 1. The standard InChI is InChI=1S/C22H31NO3/c1-14(21(24)25-2)20(16-4-5-16)17-6-3-15-7-10-22(26-19(15)13-17)11-8-18(23)9-12-22/h3,6,13-14,16,18,20H,4-5,7-12,23H2,1-2H3/t14-,18?,20-,22?/m0/s1. The van der Waals surface area contributed by atoms with E-state index >= 15 is 0 Å². The fraction of sp³-hybridized carbons (Fsp3) is 0.682. The van der Waals surface area contributed by atoms with Crippen LogP contribution in [-0.4, -0.2) is 24.7 Å². The summed E-state index contributed by atoms with van der Waals surface area (Å²) < 4.78 is 11.6. The fourth-order valence-corrected chi connectivity index (χ4v) is 5.00. The number of methoxy groups -OCH3 is 1. The van der Waals surface area contributed by atoms with E-state index in [4.69, 9.17) is 15.2 Å². The number of ether oxygens (including phenoxy) is 2. The maximum Gasteiger partial charge on any atom is 0.309 e. The minimum absolute atomic E-state index is 0.0233. The van der Waals surface area contributed by atoms with E-state index in [-0.39, 0.29) is 23.4 Å². The van der Waals surface area contributed by atoms with Crippen molar-refractivity contribution in [2.75, 3.05) is 7.11 Å². The number of carbonyl (C=O) groups excluding carboxylic acids is 1. The Hall–Kier alpha value is -1.55. The summed E-state index contributed by atoms with van der Waals surface area (Å²) in [5.41, 5.74) is 8.61. The molecule has 2 atom stereocenters. The monoisotopic (exact) mass is 357 g/mol. The van der Waals surface area contributed by atoms with Crippen LogP contribution in [0.15, 0.2) is 18.2 Å². The number of rotatable bonds is 4. The van der Waals surface area contributed by atoms with Gasteiger partial charge in [0.2, 0.25) is 0 Å². The number of hydrogen-bond acceptors (Lipinski definition) is 4. The van der Waals surface area contributed by atoms with Crippen LogP contribution in [0.1, 0.15) is 68.9 Å². The van der Waals surface area contributed by atoms with Crippen LogP contribution in [0.4, 0.5) is 0 Å². The van der Waals surface area contributed by atoms with E-state index in [0.29, 0.717) is 12.0 Å². The first-order chi connectivity index (χ1) is 12.5. The van der Waals surface area contributed by atoms with Crippen LogP contribution >= 0.6 is 0 Å². The van der Waals surface area contributed by atoms with Gasteiger partial charge in [0.05, 0.1) is 13.0 Å². The highest BCUT2D eigenvalue weighted by atomic mass is 16.5. The molecule has 1 spiro atoms. The summed E-state index contributed by atoms with van der Waals surface area (Å²) >= 11 is 0. The Morgan fingerprint density at radius 3 is 2.62 bits per heavy atom. The van der Waals surface area contributed by atoms with Gasteiger partial charge in [-0.3, -0.25) is 4.79 Å². The minimum atomic E-state index is -0.115. The number of benzene rings is 1. The van der Waals surface area contributed by atoms with Crippen LogP contribution in [-0.2, 0) is 16.0 Å². The lowest BCUT2D eigenvalue weighted by Gasteiger charge is -2.43. The highest BCUT2D eigenvalue weighted by molar-refractivity contribution is 5.73. The molecule has 0 radical (unpaired) electrons. The van der Waals surface area contributed by atoms with Crippen molar-refractivity contribution in [3.63, 3.8) is 0 Å². The van der Waals surface area contributed by atoms with Gasteiger partial charge in [-0.1, -0.05) is 19.1 Å². The third-order valence-corrected chi connectivity index (χ3v) is 6.84. The predicted molar refractivity (Wildman–Crippen MR) is 101 cm³/mol. The summed E-state index contributed by atoms with van der Waals surface area (Å²) in [6, 6.07) is 6.97. The van der Waals surface area contributed by atoms with Gasteiger partial charge in [-0.25, -0.2) is 0 Å². The second kappa shape index (κ2) is 6.88. The number of esters is 1. The fourth-order valence-electron chi connectivity index (χ4n) is 5.00. The lowest BCUT2D eigenvalue weighted by atomic mass is 9.76. The Morgan fingerprint density at radius 1 is 1.23 bits per heavy atom. The van der Waals surface area contributed by atoms with Gasteiger partial charge >= 0.3 is 5.97 Å². The predicted octanol–water partition coefficient (Wildman–Crippen LogP) is 3.95. The van der Waals surface area contributed by atoms with Crippen molar-refractivity contribution >= 4 is 5.97 Å². The molecule has 0 unspecified atom stereocenters. The largest absolute Gasteiger partial charge is 0.487 e. The Labute approximate surface area is 156 Å². The topological polar surface area (TPSA) is 61.5 Å². The summed E-state index contributed by atoms with van der Waals surface area (Å²) in [5.74, 6) is 1.63. The normalized spacial score (nSPS) is 30.2. The van der Waals surface area contributed by atoms with Crippen molar-refractivity contribution in [2.24, 2.45) is 17.6 Å². The van der Waals surface area contributed by atoms with E-state index in [0.717, 1.165) is 44.3 Å². The second-order valence-corrected chi connectivity index (χ2v) is 8.66. The molecule has 0 bridgehead atoms. The summed E-state index contributed by atoms with van der Waals surface area (Å²) in [6.45, 7) is 2.00. The van der Waals surface area contributed by atoms with Crippen molar-refractivity contribution in [2.45, 2.75) is 75.9 Å². The quantitative estimate of drug-likeness (QED) is 0.829. The smallest absolute Gasteiger partial charge is 0.309 e.